The lowest BCUT2D eigenvalue weighted by Gasteiger charge is -2.18. The van der Waals surface area contributed by atoms with Crippen LogP contribution in [-0.2, 0) is 14.8 Å². The fourth-order valence-corrected chi connectivity index (χ4v) is 4.88. The topological polar surface area (TPSA) is 87.6 Å². The van der Waals surface area contributed by atoms with Crippen LogP contribution in [0.1, 0.15) is 29.2 Å². The molecular formula is C27H25N3O3S. The molecule has 0 saturated carbocycles. The summed E-state index contributed by atoms with van der Waals surface area (Å²) < 4.78 is 28.6. The normalized spacial score (nSPS) is 12.6. The van der Waals surface area contributed by atoms with Gasteiger partial charge >= 0.3 is 0 Å². The highest BCUT2D eigenvalue weighted by molar-refractivity contribution is 7.89. The molecule has 1 amide bonds. The van der Waals surface area contributed by atoms with Crippen molar-refractivity contribution < 1.29 is 13.2 Å². The van der Waals surface area contributed by atoms with Crippen LogP contribution < -0.4 is 10.1 Å². The van der Waals surface area contributed by atoms with Gasteiger partial charge in [0.2, 0.25) is 15.9 Å². The first-order valence-corrected chi connectivity index (χ1v) is 12.3. The maximum atomic E-state index is 13.0. The molecule has 4 rings (SSSR count). The van der Waals surface area contributed by atoms with Gasteiger partial charge in [-0.05, 0) is 35.4 Å². The van der Waals surface area contributed by atoms with Gasteiger partial charge in [-0.2, -0.15) is 5.10 Å². The van der Waals surface area contributed by atoms with Gasteiger partial charge in [0.25, 0.3) is 0 Å². The molecule has 0 unspecified atom stereocenters. The molecule has 0 fully saturated rings. The minimum Gasteiger partial charge on any atom is -0.273 e. The molecule has 0 spiro atoms. The van der Waals surface area contributed by atoms with Gasteiger partial charge in [0.15, 0.2) is 0 Å². The van der Waals surface area contributed by atoms with Crippen LogP contribution in [0, 0.1) is 6.92 Å². The second-order valence-electron chi connectivity index (χ2n) is 7.96. The van der Waals surface area contributed by atoms with E-state index in [9.17, 15) is 13.2 Å². The number of benzene rings is 4. The van der Waals surface area contributed by atoms with E-state index in [0.717, 1.165) is 21.9 Å². The summed E-state index contributed by atoms with van der Waals surface area (Å²) in [6, 6.07) is 28.6. The van der Waals surface area contributed by atoms with Crippen LogP contribution in [0.2, 0.25) is 0 Å². The third-order valence-electron chi connectivity index (χ3n) is 5.44. The Labute approximate surface area is 199 Å². The molecule has 0 aromatic heterocycles. The van der Waals surface area contributed by atoms with Gasteiger partial charge in [-0.1, -0.05) is 90.5 Å². The molecule has 0 aliphatic rings. The fourth-order valence-electron chi connectivity index (χ4n) is 3.65. The zero-order chi connectivity index (χ0) is 24.0. The van der Waals surface area contributed by atoms with Gasteiger partial charge in [-0.15, -0.1) is 0 Å². The molecule has 0 radical (unpaired) electrons. The molecule has 7 heteroatoms. The predicted molar refractivity (Wildman–Crippen MR) is 135 cm³/mol. The number of carbonyl (C=O) groups is 1. The summed E-state index contributed by atoms with van der Waals surface area (Å²) in [5.41, 5.74) is 5.04. The molecule has 0 bridgehead atoms. The Morgan fingerprint density at radius 1 is 0.882 bits per heavy atom. The van der Waals surface area contributed by atoms with Gasteiger partial charge in [0, 0.05) is 12.0 Å². The molecule has 0 heterocycles. The van der Waals surface area contributed by atoms with Crippen molar-refractivity contribution in [3.8, 4) is 0 Å². The number of aryl methyl sites for hydroxylation is 1. The summed E-state index contributed by atoms with van der Waals surface area (Å²) in [5.74, 6) is -0.406. The Hall–Kier alpha value is -3.81. The van der Waals surface area contributed by atoms with E-state index in [1.807, 2.05) is 55.5 Å². The van der Waals surface area contributed by atoms with E-state index < -0.39 is 22.0 Å². The highest BCUT2D eigenvalue weighted by Gasteiger charge is 2.23. The molecule has 0 saturated heterocycles. The number of rotatable bonds is 8. The van der Waals surface area contributed by atoms with E-state index in [1.165, 1.54) is 0 Å². The molecule has 34 heavy (non-hydrogen) atoms. The number of amides is 1. The van der Waals surface area contributed by atoms with Crippen LogP contribution in [-0.4, -0.2) is 20.5 Å². The molecule has 6 nitrogen and oxygen atoms in total. The van der Waals surface area contributed by atoms with Crippen LogP contribution in [0.15, 0.2) is 107 Å². The minimum atomic E-state index is -3.83. The van der Waals surface area contributed by atoms with Crippen molar-refractivity contribution in [1.29, 1.82) is 0 Å². The van der Waals surface area contributed by atoms with Crippen molar-refractivity contribution >= 4 is 32.9 Å². The quantitative estimate of drug-likeness (QED) is 0.288. The molecule has 1 atom stereocenters. The second kappa shape index (κ2) is 10.4. The lowest BCUT2D eigenvalue weighted by Crippen LogP contribution is -2.32. The summed E-state index contributed by atoms with van der Waals surface area (Å²) in [6.07, 6.45) is 1.48. The van der Waals surface area contributed by atoms with Crippen LogP contribution in [0.25, 0.3) is 10.8 Å². The molecule has 0 aliphatic heterocycles. The number of fused-ring (bicyclic) bond motifs is 1. The van der Waals surface area contributed by atoms with Crippen LogP contribution in [0.3, 0.4) is 0 Å². The number of hydrogen-bond acceptors (Lipinski definition) is 4. The maximum Gasteiger partial charge on any atom is 0.242 e. The van der Waals surface area contributed by atoms with Crippen molar-refractivity contribution in [2.75, 3.05) is 0 Å². The summed E-state index contributed by atoms with van der Waals surface area (Å²) >= 11 is 0. The summed E-state index contributed by atoms with van der Waals surface area (Å²) in [7, 11) is -3.83. The lowest BCUT2D eigenvalue weighted by atomic mass is 10.0. The summed E-state index contributed by atoms with van der Waals surface area (Å²) in [5, 5.41) is 6.20. The van der Waals surface area contributed by atoms with Crippen LogP contribution in [0.4, 0.5) is 0 Å². The highest BCUT2D eigenvalue weighted by Crippen LogP contribution is 2.21. The third kappa shape index (κ3) is 5.75. The van der Waals surface area contributed by atoms with Gasteiger partial charge in [0.1, 0.15) is 0 Å². The van der Waals surface area contributed by atoms with Crippen molar-refractivity contribution in [3.63, 3.8) is 0 Å². The van der Waals surface area contributed by atoms with Crippen molar-refractivity contribution in [3.05, 3.63) is 114 Å². The molecule has 172 valence electrons. The first-order valence-electron chi connectivity index (χ1n) is 10.9. The maximum absolute atomic E-state index is 13.0. The molecular weight excluding hydrogens is 446 g/mol. The Bertz CT molecular complexity index is 1410. The van der Waals surface area contributed by atoms with Crippen molar-refractivity contribution in [2.24, 2.45) is 5.10 Å². The monoisotopic (exact) mass is 471 g/mol. The van der Waals surface area contributed by atoms with E-state index in [-0.39, 0.29) is 11.3 Å². The smallest absolute Gasteiger partial charge is 0.242 e. The zero-order valence-corrected chi connectivity index (χ0v) is 19.5. The van der Waals surface area contributed by atoms with Crippen molar-refractivity contribution in [1.82, 2.24) is 10.1 Å². The average molecular weight is 472 g/mol. The minimum absolute atomic E-state index is 0.109. The second-order valence-corrected chi connectivity index (χ2v) is 9.68. The number of nitrogens with one attached hydrogen (secondary N) is 2. The van der Waals surface area contributed by atoms with Gasteiger partial charge in [-0.25, -0.2) is 18.6 Å². The fraction of sp³-hybridized carbons (Fsp3) is 0.111. The number of carbonyl (C=O) groups excluding carboxylic acids is 1. The van der Waals surface area contributed by atoms with Crippen LogP contribution in [0.5, 0.6) is 0 Å². The van der Waals surface area contributed by atoms with Gasteiger partial charge in [0.05, 0.1) is 17.2 Å². The highest BCUT2D eigenvalue weighted by atomic mass is 32.2. The van der Waals surface area contributed by atoms with Gasteiger partial charge in [-0.3, -0.25) is 4.79 Å². The number of sulfonamides is 1. The number of hydrazone groups is 1. The Morgan fingerprint density at radius 3 is 2.32 bits per heavy atom. The lowest BCUT2D eigenvalue weighted by molar-refractivity contribution is -0.121. The zero-order valence-electron chi connectivity index (χ0n) is 18.7. The number of hydrogen-bond donors (Lipinski definition) is 2. The number of nitrogens with zero attached hydrogens (tertiary/aromatic N) is 1. The standard InChI is InChI=1S/C27H25N3O3S/c1-20-14-16-24(17-15-20)34(32,33)30-26(22-9-3-2-4-10-22)18-27(31)29-28-19-23-12-7-11-21-8-5-6-13-25(21)23/h2-17,19,26,30H,18H2,1H3,(H,29,31)/b28-19-/t26-/m1/s1. The van der Waals surface area contributed by atoms with E-state index in [2.05, 4.69) is 15.2 Å². The Balaban J connectivity index is 1.49. The molecule has 2 N–H and O–H groups in total. The van der Waals surface area contributed by atoms with E-state index in [1.54, 1.807) is 54.7 Å². The van der Waals surface area contributed by atoms with E-state index in [4.69, 9.17) is 0 Å². The van der Waals surface area contributed by atoms with Crippen molar-refractivity contribution in [2.45, 2.75) is 24.3 Å². The molecule has 0 aliphatic carbocycles. The van der Waals surface area contributed by atoms with Gasteiger partial charge < -0.3 is 0 Å². The Morgan fingerprint density at radius 2 is 1.56 bits per heavy atom. The molecule has 4 aromatic rings. The summed E-state index contributed by atoms with van der Waals surface area (Å²) in [6.45, 7) is 1.89. The van der Waals surface area contributed by atoms with E-state index >= 15 is 0 Å². The molecule has 4 aromatic carbocycles. The SMILES string of the molecule is Cc1ccc(S(=O)(=O)N[C@H](CC(=O)N/N=C\c2cccc3ccccc23)c2ccccc2)cc1. The van der Waals surface area contributed by atoms with E-state index in [0.29, 0.717) is 5.56 Å². The largest absolute Gasteiger partial charge is 0.273 e. The average Bonchev–Trinajstić information content (AvgIpc) is 2.84. The summed E-state index contributed by atoms with van der Waals surface area (Å²) in [4.78, 5) is 12.8. The first-order chi connectivity index (χ1) is 16.4. The Kier molecular flexibility index (Phi) is 7.15. The van der Waals surface area contributed by atoms with Crippen LogP contribution >= 0.6 is 0 Å². The first kappa shape index (κ1) is 23.4. The predicted octanol–water partition coefficient (Wildman–Crippen LogP) is 4.71. The third-order valence-corrected chi connectivity index (χ3v) is 6.92.